The highest BCUT2D eigenvalue weighted by molar-refractivity contribution is 7.92. The molecule has 1 heterocycles. The zero-order valence-electron chi connectivity index (χ0n) is 14.3. The quantitative estimate of drug-likeness (QED) is 0.586. The molecule has 142 valence electrons. The van der Waals surface area contributed by atoms with Crippen molar-refractivity contribution in [3.05, 3.63) is 46.5 Å². The Morgan fingerprint density at radius 1 is 1.26 bits per heavy atom. The molecule has 1 aliphatic heterocycles. The van der Waals surface area contributed by atoms with Crippen LogP contribution in [-0.2, 0) is 14.8 Å². The van der Waals surface area contributed by atoms with Crippen molar-refractivity contribution in [3.8, 4) is 11.5 Å². The Labute approximate surface area is 154 Å². The molecule has 3 rings (SSSR count). The van der Waals surface area contributed by atoms with Crippen LogP contribution >= 0.6 is 0 Å². The molecule has 27 heavy (non-hydrogen) atoms. The maximum absolute atomic E-state index is 12.6. The Hall–Kier alpha value is -3.34. The van der Waals surface area contributed by atoms with Crippen LogP contribution in [0.3, 0.4) is 0 Å². The molecule has 11 heteroatoms. The number of nitrogens with one attached hydrogen (secondary N) is 2. The summed E-state index contributed by atoms with van der Waals surface area (Å²) in [4.78, 5) is 22.0. The lowest BCUT2D eigenvalue weighted by Gasteiger charge is -2.23. The Morgan fingerprint density at radius 3 is 2.67 bits per heavy atom. The maximum Gasteiger partial charge on any atom is 0.312 e. The summed E-state index contributed by atoms with van der Waals surface area (Å²) in [5.41, 5.74) is -0.159. The zero-order chi connectivity index (χ0) is 19.8. The second-order valence-corrected chi connectivity index (χ2v) is 7.34. The third-order valence-electron chi connectivity index (χ3n) is 3.82. The average Bonchev–Trinajstić information content (AvgIpc) is 2.61. The number of methoxy groups -OCH3 is 1. The van der Waals surface area contributed by atoms with E-state index in [2.05, 4.69) is 10.0 Å². The molecule has 1 amide bonds. The average molecular weight is 393 g/mol. The normalized spacial score (nSPS) is 15.9. The Bertz CT molecular complexity index is 1040. The molecule has 2 N–H and O–H groups in total. The van der Waals surface area contributed by atoms with Gasteiger partial charge >= 0.3 is 5.69 Å². The molecule has 1 aliphatic rings. The molecular weight excluding hydrogens is 378 g/mol. The minimum atomic E-state index is -4.06. The number of rotatable bonds is 5. The molecule has 0 aromatic heterocycles. The Balaban J connectivity index is 1.92. The van der Waals surface area contributed by atoms with Crippen LogP contribution in [-0.4, -0.2) is 32.5 Å². The summed E-state index contributed by atoms with van der Waals surface area (Å²) in [7, 11) is -2.79. The maximum atomic E-state index is 12.6. The number of carbonyl (C=O) groups excluding carboxylic acids is 1. The highest BCUT2D eigenvalue weighted by atomic mass is 32.2. The topological polar surface area (TPSA) is 137 Å². The summed E-state index contributed by atoms with van der Waals surface area (Å²) in [5, 5.41) is 13.6. The van der Waals surface area contributed by atoms with Crippen molar-refractivity contribution < 1.29 is 27.6 Å². The van der Waals surface area contributed by atoms with Crippen molar-refractivity contribution in [1.82, 2.24) is 0 Å². The predicted octanol–water partition coefficient (Wildman–Crippen LogP) is 2.12. The largest absolute Gasteiger partial charge is 0.490 e. The highest BCUT2D eigenvalue weighted by Crippen LogP contribution is 2.34. The zero-order valence-corrected chi connectivity index (χ0v) is 15.1. The lowest BCUT2D eigenvalue weighted by molar-refractivity contribution is -0.385. The van der Waals surface area contributed by atoms with Crippen LogP contribution < -0.4 is 19.5 Å². The predicted molar refractivity (Wildman–Crippen MR) is 95.6 cm³/mol. The molecule has 2 aromatic rings. The van der Waals surface area contributed by atoms with Gasteiger partial charge in [-0.3, -0.25) is 19.6 Å². The second-order valence-electron chi connectivity index (χ2n) is 5.66. The van der Waals surface area contributed by atoms with E-state index in [0.717, 1.165) is 6.07 Å². The fraction of sp³-hybridized carbons (Fsp3) is 0.188. The minimum absolute atomic E-state index is 0.00529. The molecule has 1 unspecified atom stereocenters. The van der Waals surface area contributed by atoms with Gasteiger partial charge in [0.2, 0.25) is 0 Å². The van der Waals surface area contributed by atoms with E-state index >= 15 is 0 Å². The molecule has 0 fully saturated rings. The molecule has 0 spiro atoms. The van der Waals surface area contributed by atoms with Crippen LogP contribution in [0.4, 0.5) is 17.1 Å². The number of fused-ring (bicyclic) bond motifs is 1. The van der Waals surface area contributed by atoms with Crippen molar-refractivity contribution in [2.24, 2.45) is 0 Å². The van der Waals surface area contributed by atoms with Crippen LogP contribution in [0.15, 0.2) is 41.3 Å². The van der Waals surface area contributed by atoms with E-state index in [1.54, 1.807) is 6.92 Å². The first-order chi connectivity index (χ1) is 12.7. The fourth-order valence-corrected chi connectivity index (χ4v) is 3.54. The number of nitro benzene ring substituents is 1. The van der Waals surface area contributed by atoms with Gasteiger partial charge in [0.25, 0.3) is 15.9 Å². The summed E-state index contributed by atoms with van der Waals surface area (Å²) in [6, 6.07) is 7.67. The second kappa shape index (κ2) is 6.76. The van der Waals surface area contributed by atoms with Crippen LogP contribution in [0, 0.1) is 10.1 Å². The first-order valence-corrected chi connectivity index (χ1v) is 9.16. The molecule has 0 bridgehead atoms. The van der Waals surface area contributed by atoms with E-state index in [1.807, 2.05) is 0 Å². The van der Waals surface area contributed by atoms with Crippen LogP contribution in [0.5, 0.6) is 11.5 Å². The molecule has 0 radical (unpaired) electrons. The van der Waals surface area contributed by atoms with Gasteiger partial charge in [-0.1, -0.05) is 0 Å². The molecule has 1 atom stereocenters. The summed E-state index contributed by atoms with van der Waals surface area (Å²) >= 11 is 0. The number of nitro groups is 1. The molecule has 10 nitrogen and oxygen atoms in total. The number of carbonyl (C=O) groups is 1. The van der Waals surface area contributed by atoms with E-state index in [9.17, 15) is 23.3 Å². The van der Waals surface area contributed by atoms with Gasteiger partial charge in [0.1, 0.15) is 5.75 Å². The number of hydrogen-bond donors (Lipinski definition) is 2. The number of benzene rings is 2. The van der Waals surface area contributed by atoms with Gasteiger partial charge in [0.15, 0.2) is 11.9 Å². The van der Waals surface area contributed by atoms with E-state index in [1.165, 1.54) is 37.4 Å². The van der Waals surface area contributed by atoms with E-state index in [0.29, 0.717) is 5.75 Å². The molecule has 0 saturated carbocycles. The van der Waals surface area contributed by atoms with Crippen molar-refractivity contribution >= 4 is 33.0 Å². The van der Waals surface area contributed by atoms with Crippen molar-refractivity contribution in [1.29, 1.82) is 0 Å². The van der Waals surface area contributed by atoms with E-state index in [-0.39, 0.29) is 27.7 Å². The SMILES string of the molecule is COc1ccc(NS(=O)(=O)c2ccc3c(c2)NC(=O)C(C)O3)cc1[N+](=O)[O-]. The number of amides is 1. The van der Waals surface area contributed by atoms with Crippen LogP contribution in [0.1, 0.15) is 6.92 Å². The van der Waals surface area contributed by atoms with Gasteiger partial charge in [-0.2, -0.15) is 0 Å². The summed E-state index contributed by atoms with van der Waals surface area (Å²) in [5.74, 6) is -0.0392. The Kier molecular flexibility index (Phi) is 4.62. The van der Waals surface area contributed by atoms with Gasteiger partial charge in [0, 0.05) is 6.07 Å². The number of sulfonamides is 1. The molecule has 0 aliphatic carbocycles. The number of nitrogens with zero attached hydrogens (tertiary/aromatic N) is 1. The fourth-order valence-electron chi connectivity index (χ4n) is 2.47. The summed E-state index contributed by atoms with van der Waals surface area (Å²) < 4.78 is 37.7. The summed E-state index contributed by atoms with van der Waals surface area (Å²) in [6.45, 7) is 1.57. The van der Waals surface area contributed by atoms with Gasteiger partial charge in [-0.15, -0.1) is 0 Å². The van der Waals surface area contributed by atoms with Crippen molar-refractivity contribution in [2.45, 2.75) is 17.9 Å². The standard InChI is InChI=1S/C16H15N3O7S/c1-9-16(20)17-12-8-11(4-6-14(12)26-9)27(23,24)18-10-3-5-15(25-2)13(7-10)19(21)22/h3-9,18H,1-2H3,(H,17,20). The minimum Gasteiger partial charge on any atom is -0.490 e. The monoisotopic (exact) mass is 393 g/mol. The van der Waals surface area contributed by atoms with Crippen molar-refractivity contribution in [2.75, 3.05) is 17.1 Å². The van der Waals surface area contributed by atoms with Crippen LogP contribution in [0.2, 0.25) is 0 Å². The lowest BCUT2D eigenvalue weighted by Crippen LogP contribution is -2.34. The summed E-state index contributed by atoms with van der Waals surface area (Å²) in [6.07, 6.45) is -0.682. The molecule has 2 aromatic carbocycles. The number of ether oxygens (including phenoxy) is 2. The first-order valence-electron chi connectivity index (χ1n) is 7.68. The molecule has 0 saturated heterocycles. The smallest absolute Gasteiger partial charge is 0.312 e. The van der Waals surface area contributed by atoms with Gasteiger partial charge in [0.05, 0.1) is 28.3 Å². The lowest BCUT2D eigenvalue weighted by atomic mass is 10.2. The van der Waals surface area contributed by atoms with E-state index in [4.69, 9.17) is 9.47 Å². The number of hydrogen-bond acceptors (Lipinski definition) is 7. The Morgan fingerprint density at radius 2 is 2.00 bits per heavy atom. The van der Waals surface area contributed by atoms with Gasteiger partial charge in [-0.05, 0) is 37.3 Å². The third-order valence-corrected chi connectivity index (χ3v) is 5.20. The van der Waals surface area contributed by atoms with Gasteiger partial charge in [-0.25, -0.2) is 8.42 Å². The third kappa shape index (κ3) is 3.62. The number of anilines is 2. The molecular formula is C16H15N3O7S. The van der Waals surface area contributed by atoms with Crippen LogP contribution in [0.25, 0.3) is 0 Å². The highest BCUT2D eigenvalue weighted by Gasteiger charge is 2.26. The first kappa shape index (κ1) is 18.5. The van der Waals surface area contributed by atoms with Gasteiger partial charge < -0.3 is 14.8 Å². The van der Waals surface area contributed by atoms with E-state index < -0.39 is 27.0 Å². The van der Waals surface area contributed by atoms with Crippen molar-refractivity contribution in [3.63, 3.8) is 0 Å².